The van der Waals surface area contributed by atoms with Crippen LogP contribution in [0.3, 0.4) is 0 Å². The largest absolute Gasteiger partial charge is 0.382 e. The second kappa shape index (κ2) is 4.26. The number of nitriles is 1. The number of nitrogens with two attached hydrogens (primary N) is 1. The summed E-state index contributed by atoms with van der Waals surface area (Å²) in [5.41, 5.74) is 8.12. The van der Waals surface area contributed by atoms with Crippen molar-refractivity contribution in [2.45, 2.75) is 20.3 Å². The molecule has 0 unspecified atom stereocenters. The molecule has 0 aliphatic heterocycles. The minimum atomic E-state index is 0.349. The molecular formula is C12H13N5. The Hall–Kier alpha value is -2.35. The van der Waals surface area contributed by atoms with Crippen molar-refractivity contribution >= 4 is 5.82 Å². The van der Waals surface area contributed by atoms with Gasteiger partial charge in [-0.15, -0.1) is 0 Å². The van der Waals surface area contributed by atoms with E-state index in [1.165, 1.54) is 4.68 Å². The molecule has 86 valence electrons. The van der Waals surface area contributed by atoms with E-state index in [9.17, 15) is 0 Å². The third kappa shape index (κ3) is 1.85. The molecule has 5 heteroatoms. The fourth-order valence-electron chi connectivity index (χ4n) is 1.66. The molecule has 17 heavy (non-hydrogen) atoms. The van der Waals surface area contributed by atoms with Crippen molar-refractivity contribution in [3.8, 4) is 11.9 Å². The zero-order chi connectivity index (χ0) is 12.4. The lowest BCUT2D eigenvalue weighted by Crippen LogP contribution is -2.04. The van der Waals surface area contributed by atoms with E-state index in [2.05, 4.69) is 16.2 Å². The van der Waals surface area contributed by atoms with Gasteiger partial charge in [0, 0.05) is 6.20 Å². The van der Waals surface area contributed by atoms with E-state index in [-0.39, 0.29) is 0 Å². The third-order valence-corrected chi connectivity index (χ3v) is 2.56. The normalized spacial score (nSPS) is 10.2. The Balaban J connectivity index is 2.61. The lowest BCUT2D eigenvalue weighted by Gasteiger charge is -2.03. The van der Waals surface area contributed by atoms with Gasteiger partial charge in [0.1, 0.15) is 17.5 Å². The molecule has 0 aromatic carbocycles. The second-order valence-corrected chi connectivity index (χ2v) is 3.78. The SMILES string of the molecule is CCc1nn(-c2cc(C)ccn2)c(N)c1C#N. The van der Waals surface area contributed by atoms with Crippen LogP contribution in [-0.2, 0) is 6.42 Å². The molecule has 0 saturated carbocycles. The number of rotatable bonds is 2. The summed E-state index contributed by atoms with van der Waals surface area (Å²) in [6, 6.07) is 5.86. The van der Waals surface area contributed by atoms with Gasteiger partial charge in [0.2, 0.25) is 0 Å². The van der Waals surface area contributed by atoms with E-state index in [0.29, 0.717) is 29.3 Å². The summed E-state index contributed by atoms with van der Waals surface area (Å²) in [7, 11) is 0. The van der Waals surface area contributed by atoms with Crippen LogP contribution in [0.5, 0.6) is 0 Å². The summed E-state index contributed by atoms with van der Waals surface area (Å²) in [4.78, 5) is 4.20. The zero-order valence-corrected chi connectivity index (χ0v) is 9.81. The quantitative estimate of drug-likeness (QED) is 0.844. The smallest absolute Gasteiger partial charge is 0.155 e. The van der Waals surface area contributed by atoms with Gasteiger partial charge < -0.3 is 5.73 Å². The van der Waals surface area contributed by atoms with E-state index in [0.717, 1.165) is 5.56 Å². The highest BCUT2D eigenvalue weighted by atomic mass is 15.3. The summed E-state index contributed by atoms with van der Waals surface area (Å²) in [5, 5.41) is 13.4. The fourth-order valence-corrected chi connectivity index (χ4v) is 1.66. The Kier molecular flexibility index (Phi) is 2.79. The molecular weight excluding hydrogens is 214 g/mol. The maximum atomic E-state index is 9.04. The van der Waals surface area contributed by atoms with Gasteiger partial charge in [-0.3, -0.25) is 0 Å². The van der Waals surface area contributed by atoms with Crippen molar-refractivity contribution in [2.24, 2.45) is 0 Å². The first kappa shape index (κ1) is 11.1. The fraction of sp³-hybridized carbons (Fsp3) is 0.250. The van der Waals surface area contributed by atoms with Gasteiger partial charge in [-0.1, -0.05) is 6.92 Å². The number of aromatic nitrogens is 3. The maximum absolute atomic E-state index is 9.04. The predicted molar refractivity (Wildman–Crippen MR) is 64.6 cm³/mol. The van der Waals surface area contributed by atoms with Crippen LogP contribution in [0.4, 0.5) is 5.82 Å². The molecule has 5 nitrogen and oxygen atoms in total. The summed E-state index contributed by atoms with van der Waals surface area (Å²) in [5.74, 6) is 0.987. The zero-order valence-electron chi connectivity index (χ0n) is 9.81. The molecule has 0 atom stereocenters. The highest BCUT2D eigenvalue weighted by molar-refractivity contribution is 5.55. The van der Waals surface area contributed by atoms with Gasteiger partial charge in [-0.05, 0) is 31.0 Å². The molecule has 0 amide bonds. The molecule has 0 aliphatic rings. The molecule has 0 saturated heterocycles. The summed E-state index contributed by atoms with van der Waals surface area (Å²) < 4.78 is 1.52. The Morgan fingerprint density at radius 1 is 1.53 bits per heavy atom. The van der Waals surface area contributed by atoms with Crippen LogP contribution in [0.1, 0.15) is 23.7 Å². The Morgan fingerprint density at radius 3 is 2.82 bits per heavy atom. The van der Waals surface area contributed by atoms with Gasteiger partial charge in [-0.25, -0.2) is 4.98 Å². The first-order valence-corrected chi connectivity index (χ1v) is 5.37. The molecule has 0 fully saturated rings. The van der Waals surface area contributed by atoms with Crippen molar-refractivity contribution in [1.82, 2.24) is 14.8 Å². The molecule has 2 N–H and O–H groups in total. The number of anilines is 1. The summed E-state index contributed by atoms with van der Waals surface area (Å²) in [6.07, 6.45) is 2.37. The molecule has 2 aromatic heterocycles. The Labute approximate surface area is 99.5 Å². The maximum Gasteiger partial charge on any atom is 0.155 e. The standard InChI is InChI=1S/C12H13N5/c1-3-10-9(7-13)12(14)17(16-10)11-6-8(2)4-5-15-11/h4-6H,3,14H2,1-2H3. The van der Waals surface area contributed by atoms with Crippen molar-refractivity contribution in [3.63, 3.8) is 0 Å². The lowest BCUT2D eigenvalue weighted by atomic mass is 10.2. The van der Waals surface area contributed by atoms with Gasteiger partial charge in [0.25, 0.3) is 0 Å². The highest BCUT2D eigenvalue weighted by Crippen LogP contribution is 2.19. The van der Waals surface area contributed by atoms with Crippen LogP contribution < -0.4 is 5.73 Å². The van der Waals surface area contributed by atoms with E-state index in [1.54, 1.807) is 6.20 Å². The molecule has 0 spiro atoms. The number of hydrogen-bond donors (Lipinski definition) is 1. The molecule has 0 aliphatic carbocycles. The van der Waals surface area contributed by atoms with Crippen LogP contribution in [0.2, 0.25) is 0 Å². The predicted octanol–water partition coefficient (Wildman–Crippen LogP) is 1.59. The molecule has 2 heterocycles. The topological polar surface area (TPSA) is 80.5 Å². The monoisotopic (exact) mass is 227 g/mol. The molecule has 0 bridgehead atoms. The van der Waals surface area contributed by atoms with E-state index in [1.807, 2.05) is 26.0 Å². The first-order chi connectivity index (χ1) is 8.17. The summed E-state index contributed by atoms with van der Waals surface area (Å²) in [6.45, 7) is 3.91. The van der Waals surface area contributed by atoms with Gasteiger partial charge in [0.15, 0.2) is 5.82 Å². The van der Waals surface area contributed by atoms with Crippen LogP contribution in [0.15, 0.2) is 18.3 Å². The van der Waals surface area contributed by atoms with Crippen molar-refractivity contribution in [3.05, 3.63) is 35.2 Å². The van der Waals surface area contributed by atoms with Gasteiger partial charge >= 0.3 is 0 Å². The average molecular weight is 227 g/mol. The second-order valence-electron chi connectivity index (χ2n) is 3.78. The van der Waals surface area contributed by atoms with Crippen LogP contribution in [0.25, 0.3) is 5.82 Å². The minimum Gasteiger partial charge on any atom is -0.382 e. The Bertz CT molecular complexity index is 591. The minimum absolute atomic E-state index is 0.349. The van der Waals surface area contributed by atoms with Crippen molar-refractivity contribution < 1.29 is 0 Å². The molecule has 0 radical (unpaired) electrons. The third-order valence-electron chi connectivity index (χ3n) is 2.56. The van der Waals surface area contributed by atoms with Crippen LogP contribution >= 0.6 is 0 Å². The average Bonchev–Trinajstić information content (AvgIpc) is 2.65. The Morgan fingerprint density at radius 2 is 2.29 bits per heavy atom. The number of nitrogens with zero attached hydrogens (tertiary/aromatic N) is 4. The van der Waals surface area contributed by atoms with E-state index >= 15 is 0 Å². The van der Waals surface area contributed by atoms with Crippen molar-refractivity contribution in [2.75, 3.05) is 5.73 Å². The highest BCUT2D eigenvalue weighted by Gasteiger charge is 2.15. The number of nitrogen functional groups attached to an aromatic ring is 1. The van der Waals surface area contributed by atoms with Crippen LogP contribution in [0, 0.1) is 18.3 Å². The van der Waals surface area contributed by atoms with Crippen molar-refractivity contribution in [1.29, 1.82) is 5.26 Å². The van der Waals surface area contributed by atoms with Gasteiger partial charge in [-0.2, -0.15) is 15.0 Å². The number of pyridine rings is 1. The van der Waals surface area contributed by atoms with E-state index < -0.39 is 0 Å². The van der Waals surface area contributed by atoms with Gasteiger partial charge in [0.05, 0.1) is 5.69 Å². The van der Waals surface area contributed by atoms with Crippen LogP contribution in [-0.4, -0.2) is 14.8 Å². The lowest BCUT2D eigenvalue weighted by molar-refractivity contribution is 0.822. The summed E-state index contributed by atoms with van der Waals surface area (Å²) >= 11 is 0. The van der Waals surface area contributed by atoms with E-state index in [4.69, 9.17) is 11.0 Å². The number of hydrogen-bond acceptors (Lipinski definition) is 4. The number of aryl methyl sites for hydroxylation is 2. The molecule has 2 aromatic rings. The molecule has 2 rings (SSSR count). The first-order valence-electron chi connectivity index (χ1n) is 5.37.